The van der Waals surface area contributed by atoms with Crippen molar-refractivity contribution in [3.63, 3.8) is 0 Å². The Labute approximate surface area is 247 Å². The van der Waals surface area contributed by atoms with Crippen molar-refractivity contribution in [2.45, 2.75) is 59.5 Å². The van der Waals surface area contributed by atoms with Gasteiger partial charge in [-0.1, -0.05) is 91.9 Å². The van der Waals surface area contributed by atoms with Gasteiger partial charge in [-0.05, 0) is 49.6 Å². The summed E-state index contributed by atoms with van der Waals surface area (Å²) in [7, 11) is 0. The first-order chi connectivity index (χ1) is 20.2. The summed E-state index contributed by atoms with van der Waals surface area (Å²) in [6, 6.07) is 31.0. The number of nitrogens with one attached hydrogen (secondary N) is 1. The zero-order chi connectivity index (χ0) is 30.0. The van der Waals surface area contributed by atoms with E-state index in [9.17, 15) is 9.59 Å². The first-order valence-electron chi connectivity index (χ1n) is 14.0. The third-order valence-electron chi connectivity index (χ3n) is 6.18. The molecule has 0 aliphatic rings. The molecular weight excluding hydrogens is 530 g/mol. The quantitative estimate of drug-likeness (QED) is 0.184. The van der Waals surface area contributed by atoms with E-state index in [0.717, 1.165) is 16.7 Å². The number of carbonyl (C=O) groups excluding carboxylic acids is 2. The summed E-state index contributed by atoms with van der Waals surface area (Å²) < 4.78 is 23.4. The Morgan fingerprint density at radius 3 is 1.93 bits per heavy atom. The lowest BCUT2D eigenvalue weighted by Gasteiger charge is -2.22. The van der Waals surface area contributed by atoms with Gasteiger partial charge in [0.2, 0.25) is 0 Å². The Bertz CT molecular complexity index is 1480. The summed E-state index contributed by atoms with van der Waals surface area (Å²) in [5.41, 5.74) is 3.98. The summed E-state index contributed by atoms with van der Waals surface area (Å²) >= 11 is 0. The molecule has 4 aromatic carbocycles. The first-order valence-corrected chi connectivity index (χ1v) is 14.0. The zero-order valence-corrected chi connectivity index (χ0v) is 24.5. The van der Waals surface area contributed by atoms with Crippen LogP contribution in [0.3, 0.4) is 0 Å². The van der Waals surface area contributed by atoms with E-state index >= 15 is 0 Å². The van der Waals surface area contributed by atoms with E-state index in [-0.39, 0.29) is 19.0 Å². The molecule has 0 spiro atoms. The highest BCUT2D eigenvalue weighted by molar-refractivity contribution is 5.93. The fraction of sp³-hybridized carbons (Fsp3) is 0.257. The predicted molar refractivity (Wildman–Crippen MR) is 163 cm³/mol. The molecule has 0 aliphatic heterocycles. The number of amides is 1. The Hall–Kier alpha value is -4.78. The number of para-hydroxylation sites is 1. The summed E-state index contributed by atoms with van der Waals surface area (Å²) in [5.74, 6) is 0.812. The second-order valence-corrected chi connectivity index (χ2v) is 10.7. The number of rotatable bonds is 11. The molecule has 0 atom stereocenters. The monoisotopic (exact) mass is 567 g/mol. The molecule has 0 saturated carbocycles. The summed E-state index contributed by atoms with van der Waals surface area (Å²) in [6.45, 7) is 7.86. The van der Waals surface area contributed by atoms with Gasteiger partial charge in [-0.25, -0.2) is 4.79 Å². The van der Waals surface area contributed by atoms with Gasteiger partial charge in [0.05, 0.1) is 5.69 Å². The van der Waals surface area contributed by atoms with Gasteiger partial charge in [0.15, 0.2) is 11.5 Å². The maximum absolute atomic E-state index is 12.9. The van der Waals surface area contributed by atoms with E-state index in [4.69, 9.17) is 18.9 Å². The SMILES string of the molecule is CCC(=O)OCc1cccc(-c2ccc(OCc3ccccc3)c(OCc3ccccc3)c2)c1NC(=O)OC(C)(C)C. The third-order valence-corrected chi connectivity index (χ3v) is 6.18. The van der Waals surface area contributed by atoms with E-state index in [1.165, 1.54) is 0 Å². The van der Waals surface area contributed by atoms with Gasteiger partial charge in [-0.15, -0.1) is 0 Å². The largest absolute Gasteiger partial charge is 0.485 e. The molecule has 1 N–H and O–H groups in total. The highest BCUT2D eigenvalue weighted by Crippen LogP contribution is 2.38. The van der Waals surface area contributed by atoms with Crippen molar-refractivity contribution in [3.05, 3.63) is 114 Å². The van der Waals surface area contributed by atoms with Crippen molar-refractivity contribution in [2.24, 2.45) is 0 Å². The number of anilines is 1. The Balaban J connectivity index is 1.70. The minimum atomic E-state index is -0.690. The van der Waals surface area contributed by atoms with Crippen molar-refractivity contribution in [3.8, 4) is 22.6 Å². The van der Waals surface area contributed by atoms with Gasteiger partial charge in [-0.3, -0.25) is 10.1 Å². The summed E-state index contributed by atoms with van der Waals surface area (Å²) in [6.07, 6.45) is -0.359. The molecular formula is C35H37NO6. The van der Waals surface area contributed by atoms with E-state index in [0.29, 0.717) is 41.5 Å². The number of carbonyl (C=O) groups is 2. The van der Waals surface area contributed by atoms with Crippen molar-refractivity contribution < 1.29 is 28.5 Å². The number of hydrogen-bond acceptors (Lipinski definition) is 6. The number of benzene rings is 4. The molecule has 0 heterocycles. The van der Waals surface area contributed by atoms with E-state index < -0.39 is 11.7 Å². The van der Waals surface area contributed by atoms with Crippen LogP contribution in [0.15, 0.2) is 97.1 Å². The molecule has 0 bridgehead atoms. The molecule has 0 unspecified atom stereocenters. The maximum Gasteiger partial charge on any atom is 0.412 e. The third kappa shape index (κ3) is 8.86. The summed E-state index contributed by atoms with van der Waals surface area (Å²) in [5, 5.41) is 2.89. The van der Waals surface area contributed by atoms with Crippen LogP contribution < -0.4 is 14.8 Å². The molecule has 0 saturated heterocycles. The molecule has 42 heavy (non-hydrogen) atoms. The lowest BCUT2D eigenvalue weighted by molar-refractivity contribution is -0.144. The lowest BCUT2D eigenvalue weighted by atomic mass is 9.99. The molecule has 0 aromatic heterocycles. The van der Waals surface area contributed by atoms with Crippen LogP contribution in [0.4, 0.5) is 10.5 Å². The molecule has 1 amide bonds. The van der Waals surface area contributed by atoms with Crippen molar-refractivity contribution in [1.82, 2.24) is 0 Å². The summed E-state index contributed by atoms with van der Waals surface area (Å²) in [4.78, 5) is 24.8. The van der Waals surface area contributed by atoms with Crippen LogP contribution in [0.2, 0.25) is 0 Å². The van der Waals surface area contributed by atoms with Crippen LogP contribution in [0.25, 0.3) is 11.1 Å². The molecule has 7 nitrogen and oxygen atoms in total. The van der Waals surface area contributed by atoms with E-state index in [2.05, 4.69) is 5.32 Å². The zero-order valence-electron chi connectivity index (χ0n) is 24.5. The number of hydrogen-bond donors (Lipinski definition) is 1. The highest BCUT2D eigenvalue weighted by Gasteiger charge is 2.21. The van der Waals surface area contributed by atoms with Crippen LogP contribution in [-0.2, 0) is 34.1 Å². The number of esters is 1. The van der Waals surface area contributed by atoms with Crippen molar-refractivity contribution in [2.75, 3.05) is 5.32 Å². The molecule has 7 heteroatoms. The van der Waals surface area contributed by atoms with Crippen LogP contribution in [0, 0.1) is 0 Å². The van der Waals surface area contributed by atoms with E-state index in [1.54, 1.807) is 27.7 Å². The number of ether oxygens (including phenoxy) is 4. The second kappa shape index (κ2) is 14.2. The fourth-order valence-corrected chi connectivity index (χ4v) is 4.15. The van der Waals surface area contributed by atoms with Gasteiger partial charge in [0, 0.05) is 17.5 Å². The molecule has 0 fully saturated rings. The maximum atomic E-state index is 12.9. The Morgan fingerprint density at radius 1 is 0.714 bits per heavy atom. The molecule has 4 aromatic rings. The standard InChI is InChI=1S/C35H37NO6/c1-5-32(37)41-24-28-17-12-18-29(33(28)36-34(38)42-35(2,3)4)27-19-20-30(39-22-25-13-8-6-9-14-25)31(21-27)40-23-26-15-10-7-11-16-26/h6-21H,5,22-24H2,1-4H3,(H,36,38). The molecule has 0 radical (unpaired) electrons. The van der Waals surface area contributed by atoms with E-state index in [1.807, 2.05) is 97.1 Å². The Kier molecular flexibility index (Phi) is 10.2. The van der Waals surface area contributed by atoms with Gasteiger partial charge < -0.3 is 18.9 Å². The van der Waals surface area contributed by atoms with Gasteiger partial charge >= 0.3 is 12.1 Å². The minimum absolute atomic E-state index is 0.00127. The molecule has 0 aliphatic carbocycles. The second-order valence-electron chi connectivity index (χ2n) is 10.7. The van der Waals surface area contributed by atoms with Crippen LogP contribution >= 0.6 is 0 Å². The van der Waals surface area contributed by atoms with Crippen LogP contribution in [0.1, 0.15) is 50.8 Å². The minimum Gasteiger partial charge on any atom is -0.485 e. The highest BCUT2D eigenvalue weighted by atomic mass is 16.6. The van der Waals surface area contributed by atoms with Gasteiger partial charge in [0.1, 0.15) is 25.4 Å². The Morgan fingerprint density at radius 2 is 1.33 bits per heavy atom. The normalized spacial score (nSPS) is 11.0. The van der Waals surface area contributed by atoms with Crippen LogP contribution in [0.5, 0.6) is 11.5 Å². The first kappa shape index (κ1) is 30.2. The van der Waals surface area contributed by atoms with Crippen molar-refractivity contribution >= 4 is 17.7 Å². The molecule has 4 rings (SSSR count). The lowest BCUT2D eigenvalue weighted by Crippen LogP contribution is -2.27. The topological polar surface area (TPSA) is 83.1 Å². The van der Waals surface area contributed by atoms with Gasteiger partial charge in [-0.2, -0.15) is 0 Å². The average molecular weight is 568 g/mol. The predicted octanol–water partition coefficient (Wildman–Crippen LogP) is 8.31. The molecule has 218 valence electrons. The fourth-order valence-electron chi connectivity index (χ4n) is 4.15. The average Bonchev–Trinajstić information content (AvgIpc) is 2.98. The van der Waals surface area contributed by atoms with Gasteiger partial charge in [0.25, 0.3) is 0 Å². The van der Waals surface area contributed by atoms with Crippen LogP contribution in [-0.4, -0.2) is 17.7 Å². The van der Waals surface area contributed by atoms with Crippen molar-refractivity contribution in [1.29, 1.82) is 0 Å². The smallest absolute Gasteiger partial charge is 0.412 e.